The normalized spacial score (nSPS) is 26.8. The van der Waals surface area contributed by atoms with Gasteiger partial charge in [0.15, 0.2) is 0 Å². The van der Waals surface area contributed by atoms with Crippen molar-refractivity contribution in [1.29, 1.82) is 0 Å². The highest BCUT2D eigenvalue weighted by Crippen LogP contribution is 2.19. The van der Waals surface area contributed by atoms with Gasteiger partial charge in [-0.3, -0.25) is 5.32 Å². The minimum absolute atomic E-state index is 0.206. The Morgan fingerprint density at radius 2 is 2.21 bits per heavy atom. The molecule has 2 atom stereocenters. The largest absolute Gasteiger partial charge is 0.427 e. The van der Waals surface area contributed by atoms with Crippen molar-refractivity contribution < 1.29 is 18.3 Å². The lowest BCUT2D eigenvalue weighted by Gasteiger charge is -2.18. The molecular weight excluding hydrogens is 197 g/mol. The average Bonchev–Trinajstić information content (AvgIpc) is 2.45. The van der Waals surface area contributed by atoms with E-state index in [1.807, 2.05) is 7.05 Å². The lowest BCUT2D eigenvalue weighted by Crippen LogP contribution is -2.44. The van der Waals surface area contributed by atoms with Crippen LogP contribution in [0.5, 0.6) is 0 Å². The molecule has 0 amide bonds. The topological polar surface area (TPSA) is 35.5 Å². The summed E-state index contributed by atoms with van der Waals surface area (Å²) in [5.41, 5.74) is 0. The van der Waals surface area contributed by atoms with Crippen LogP contribution in [-0.2, 0) is 0 Å². The number of nitrogens with zero attached hydrogens (tertiary/aromatic N) is 1. The molecule has 0 aromatic heterocycles. The van der Waals surface area contributed by atoms with E-state index in [2.05, 4.69) is 10.2 Å². The first-order valence-electron chi connectivity index (χ1n) is 4.56. The summed E-state index contributed by atoms with van der Waals surface area (Å²) in [5.74, 6) is 0.206. The third-order valence-corrected chi connectivity index (χ3v) is 2.40. The van der Waals surface area contributed by atoms with Gasteiger partial charge in [-0.15, -0.1) is 0 Å². The zero-order chi connectivity index (χ0) is 10.8. The quantitative estimate of drug-likeness (QED) is 0.665. The second-order valence-electron chi connectivity index (χ2n) is 3.77. The summed E-state index contributed by atoms with van der Waals surface area (Å²) in [7, 11) is 1.93. The first kappa shape index (κ1) is 11.7. The number of aliphatic hydroxyl groups excluding tert-OH is 1. The minimum Gasteiger partial charge on any atom is -0.370 e. The van der Waals surface area contributed by atoms with E-state index >= 15 is 0 Å². The van der Waals surface area contributed by atoms with E-state index in [0.717, 1.165) is 19.5 Å². The van der Waals surface area contributed by atoms with Crippen LogP contribution in [0.25, 0.3) is 0 Å². The van der Waals surface area contributed by atoms with Gasteiger partial charge >= 0.3 is 6.18 Å². The Hall–Kier alpha value is -0.330. The number of hydrogen-bond donors (Lipinski definition) is 2. The van der Waals surface area contributed by atoms with Gasteiger partial charge in [-0.2, -0.15) is 13.2 Å². The lowest BCUT2D eigenvalue weighted by atomic mass is 10.1. The fourth-order valence-electron chi connectivity index (χ4n) is 1.59. The van der Waals surface area contributed by atoms with E-state index < -0.39 is 12.4 Å². The van der Waals surface area contributed by atoms with Crippen LogP contribution in [0.2, 0.25) is 0 Å². The predicted octanol–water partition coefficient (Wildman–Crippen LogP) is 0.408. The van der Waals surface area contributed by atoms with Crippen LogP contribution in [-0.4, -0.2) is 49.1 Å². The Bertz CT molecular complexity index is 186. The standard InChI is InChI=1S/C8H15F3N2O/c1-13-3-2-6(5-13)4-12-7(14)8(9,10)11/h6-7,12,14H,2-5H2,1H3/t6-,7?/m0/s1. The molecular formula is C8H15F3N2O. The van der Waals surface area contributed by atoms with Gasteiger partial charge in [0.2, 0.25) is 6.23 Å². The third kappa shape index (κ3) is 3.43. The van der Waals surface area contributed by atoms with Crippen molar-refractivity contribution in [3.8, 4) is 0 Å². The van der Waals surface area contributed by atoms with Gasteiger partial charge in [0.1, 0.15) is 0 Å². The third-order valence-electron chi connectivity index (χ3n) is 2.40. The molecule has 0 aromatic rings. The zero-order valence-corrected chi connectivity index (χ0v) is 8.01. The van der Waals surface area contributed by atoms with E-state index in [1.165, 1.54) is 0 Å². The lowest BCUT2D eigenvalue weighted by molar-refractivity contribution is -0.213. The maximum Gasteiger partial charge on any atom is 0.427 e. The highest BCUT2D eigenvalue weighted by atomic mass is 19.4. The van der Waals surface area contributed by atoms with Crippen LogP contribution in [0.15, 0.2) is 0 Å². The molecule has 0 bridgehead atoms. The minimum atomic E-state index is -4.56. The van der Waals surface area contributed by atoms with Crippen LogP contribution in [0.3, 0.4) is 0 Å². The summed E-state index contributed by atoms with van der Waals surface area (Å²) >= 11 is 0. The van der Waals surface area contributed by atoms with E-state index in [4.69, 9.17) is 5.11 Å². The summed E-state index contributed by atoms with van der Waals surface area (Å²) in [4.78, 5) is 2.06. The Balaban J connectivity index is 2.21. The second kappa shape index (κ2) is 4.46. The number of halogens is 3. The monoisotopic (exact) mass is 212 g/mol. The average molecular weight is 212 g/mol. The fourth-order valence-corrected chi connectivity index (χ4v) is 1.59. The molecule has 1 rings (SSSR count). The molecule has 1 unspecified atom stereocenters. The molecule has 1 saturated heterocycles. The summed E-state index contributed by atoms with van der Waals surface area (Å²) in [6.07, 6.45) is -6.08. The number of rotatable bonds is 3. The van der Waals surface area contributed by atoms with E-state index in [0.29, 0.717) is 0 Å². The Labute approximate surface area is 80.9 Å². The molecule has 0 saturated carbocycles. The maximum atomic E-state index is 11.9. The molecule has 1 aliphatic heterocycles. The molecule has 2 N–H and O–H groups in total. The fraction of sp³-hybridized carbons (Fsp3) is 1.00. The number of likely N-dealkylation sites (tertiary alicyclic amines) is 1. The van der Waals surface area contributed by atoms with Gasteiger partial charge in [-0.25, -0.2) is 0 Å². The highest BCUT2D eigenvalue weighted by molar-refractivity contribution is 4.76. The van der Waals surface area contributed by atoms with Crippen molar-refractivity contribution in [3.05, 3.63) is 0 Å². The SMILES string of the molecule is CN1CC[C@@H](CNC(O)C(F)(F)F)C1. The van der Waals surface area contributed by atoms with Crippen molar-refractivity contribution in [3.63, 3.8) is 0 Å². The molecule has 0 aliphatic carbocycles. The van der Waals surface area contributed by atoms with Crippen LogP contribution in [0.4, 0.5) is 13.2 Å². The van der Waals surface area contributed by atoms with Crippen LogP contribution < -0.4 is 5.32 Å². The van der Waals surface area contributed by atoms with E-state index in [-0.39, 0.29) is 12.5 Å². The second-order valence-corrected chi connectivity index (χ2v) is 3.77. The Morgan fingerprint density at radius 1 is 1.57 bits per heavy atom. The van der Waals surface area contributed by atoms with Gasteiger partial charge in [0.05, 0.1) is 0 Å². The van der Waals surface area contributed by atoms with Crippen molar-refractivity contribution in [2.45, 2.75) is 18.8 Å². The van der Waals surface area contributed by atoms with E-state index in [9.17, 15) is 13.2 Å². The van der Waals surface area contributed by atoms with Crippen molar-refractivity contribution in [1.82, 2.24) is 10.2 Å². The number of hydrogen-bond acceptors (Lipinski definition) is 3. The van der Waals surface area contributed by atoms with Crippen LogP contribution in [0, 0.1) is 5.92 Å². The predicted molar refractivity (Wildman–Crippen MR) is 45.7 cm³/mol. The molecule has 0 radical (unpaired) electrons. The molecule has 1 fully saturated rings. The number of aliphatic hydroxyl groups is 1. The first-order valence-corrected chi connectivity index (χ1v) is 4.56. The summed E-state index contributed by atoms with van der Waals surface area (Å²) in [5, 5.41) is 10.8. The Kier molecular flexibility index (Phi) is 3.74. The molecule has 3 nitrogen and oxygen atoms in total. The number of nitrogens with one attached hydrogen (secondary N) is 1. The van der Waals surface area contributed by atoms with Gasteiger partial charge in [0.25, 0.3) is 0 Å². The van der Waals surface area contributed by atoms with E-state index in [1.54, 1.807) is 0 Å². The van der Waals surface area contributed by atoms with Crippen molar-refractivity contribution >= 4 is 0 Å². The summed E-state index contributed by atoms with van der Waals surface area (Å²) in [6, 6.07) is 0. The van der Waals surface area contributed by atoms with Crippen LogP contribution in [0.1, 0.15) is 6.42 Å². The first-order chi connectivity index (χ1) is 6.39. The van der Waals surface area contributed by atoms with Gasteiger partial charge < -0.3 is 10.0 Å². The van der Waals surface area contributed by atoms with Crippen molar-refractivity contribution in [2.75, 3.05) is 26.7 Å². The molecule has 0 spiro atoms. The van der Waals surface area contributed by atoms with Gasteiger partial charge in [-0.05, 0) is 25.9 Å². The molecule has 1 aliphatic rings. The molecule has 84 valence electrons. The molecule has 6 heteroatoms. The maximum absolute atomic E-state index is 11.9. The van der Waals surface area contributed by atoms with Crippen LogP contribution >= 0.6 is 0 Å². The molecule has 14 heavy (non-hydrogen) atoms. The van der Waals surface area contributed by atoms with Gasteiger partial charge in [0, 0.05) is 13.1 Å². The number of alkyl halides is 3. The Morgan fingerprint density at radius 3 is 2.64 bits per heavy atom. The molecule has 0 aromatic carbocycles. The van der Waals surface area contributed by atoms with Crippen molar-refractivity contribution in [2.24, 2.45) is 5.92 Å². The zero-order valence-electron chi connectivity index (χ0n) is 8.01. The smallest absolute Gasteiger partial charge is 0.370 e. The molecule has 1 heterocycles. The highest BCUT2D eigenvalue weighted by Gasteiger charge is 2.38. The summed E-state index contributed by atoms with van der Waals surface area (Å²) in [6.45, 7) is 1.91. The summed E-state index contributed by atoms with van der Waals surface area (Å²) < 4.78 is 35.6. The van der Waals surface area contributed by atoms with Gasteiger partial charge in [-0.1, -0.05) is 0 Å².